The number of piperazine rings is 1. The first-order valence-corrected chi connectivity index (χ1v) is 7.45. The van der Waals surface area contributed by atoms with Gasteiger partial charge in [0.05, 0.1) is 17.9 Å². The molecule has 8 heteroatoms. The van der Waals surface area contributed by atoms with E-state index >= 15 is 0 Å². The van der Waals surface area contributed by atoms with Crippen LogP contribution in [0.15, 0.2) is 24.8 Å². The van der Waals surface area contributed by atoms with Gasteiger partial charge in [0.2, 0.25) is 0 Å². The van der Waals surface area contributed by atoms with Crippen molar-refractivity contribution in [2.45, 2.75) is 13.0 Å². The lowest BCUT2D eigenvalue weighted by Gasteiger charge is -2.39. The van der Waals surface area contributed by atoms with Gasteiger partial charge in [-0.2, -0.15) is 5.10 Å². The molecule has 0 radical (unpaired) electrons. The van der Waals surface area contributed by atoms with Crippen LogP contribution in [0.3, 0.4) is 0 Å². The lowest BCUT2D eigenvalue weighted by molar-refractivity contribution is 0.0946. The summed E-state index contributed by atoms with van der Waals surface area (Å²) in [5.41, 5.74) is 0.708. The van der Waals surface area contributed by atoms with Crippen LogP contribution in [0, 0.1) is 0 Å². The number of likely N-dealkylation sites (N-methyl/N-ethyl adjacent to an activating group) is 1. The number of H-pyrrole nitrogens is 1. The molecule has 0 aliphatic carbocycles. The van der Waals surface area contributed by atoms with E-state index in [9.17, 15) is 4.79 Å². The normalized spacial score (nSPS) is 19.4. The number of aromatic amines is 1. The zero-order valence-corrected chi connectivity index (χ0v) is 12.9. The average Bonchev–Trinajstić information content (AvgIpc) is 3.18. The number of anilines is 1. The molecule has 1 fully saturated rings. The molecule has 1 atom stereocenters. The molecule has 1 unspecified atom stereocenters. The number of carbonyl (C=O) groups excluding carboxylic acids is 1. The van der Waals surface area contributed by atoms with E-state index in [0.717, 1.165) is 18.9 Å². The molecule has 1 aliphatic rings. The van der Waals surface area contributed by atoms with Crippen molar-refractivity contribution in [1.29, 1.82) is 0 Å². The Bertz CT molecular complexity index is 621. The third-order valence-electron chi connectivity index (χ3n) is 3.98. The summed E-state index contributed by atoms with van der Waals surface area (Å²) in [6.07, 6.45) is 6.99. The van der Waals surface area contributed by atoms with E-state index in [-0.39, 0.29) is 12.1 Å². The standard InChI is InChI=1S/C14H21N7O/c1-3-20-6-7-21(10-12(20)13-15-4-5-16-13)14(22)18-11-8-17-19(2)9-11/h4-5,8-9,12H,3,6-7,10H2,1-2H3,(H,15,16)(H,18,22). The van der Waals surface area contributed by atoms with Crippen LogP contribution in [0.4, 0.5) is 10.5 Å². The minimum atomic E-state index is -0.0969. The molecule has 3 rings (SSSR count). The van der Waals surface area contributed by atoms with Crippen LogP contribution < -0.4 is 5.32 Å². The largest absolute Gasteiger partial charge is 0.347 e. The number of hydrogen-bond acceptors (Lipinski definition) is 4. The first kappa shape index (κ1) is 14.6. The molecule has 2 aromatic rings. The molecule has 2 amide bonds. The maximum Gasteiger partial charge on any atom is 0.322 e. The third kappa shape index (κ3) is 2.96. The van der Waals surface area contributed by atoms with Crippen LogP contribution in [0.25, 0.3) is 0 Å². The molecular weight excluding hydrogens is 282 g/mol. The van der Waals surface area contributed by atoms with Crippen molar-refractivity contribution in [3.05, 3.63) is 30.6 Å². The van der Waals surface area contributed by atoms with E-state index in [1.165, 1.54) is 0 Å². The second-order valence-electron chi connectivity index (χ2n) is 5.40. The van der Waals surface area contributed by atoms with Crippen molar-refractivity contribution in [3.8, 4) is 0 Å². The molecule has 0 spiro atoms. The quantitative estimate of drug-likeness (QED) is 0.888. The second kappa shape index (κ2) is 6.18. The van der Waals surface area contributed by atoms with Gasteiger partial charge >= 0.3 is 6.03 Å². The van der Waals surface area contributed by atoms with E-state index < -0.39 is 0 Å². The lowest BCUT2D eigenvalue weighted by atomic mass is 10.1. The molecule has 0 aromatic carbocycles. The molecule has 118 valence electrons. The number of nitrogens with one attached hydrogen (secondary N) is 2. The fourth-order valence-corrected chi connectivity index (χ4v) is 2.79. The molecule has 8 nitrogen and oxygen atoms in total. The number of carbonyl (C=O) groups is 1. The van der Waals surface area contributed by atoms with E-state index in [0.29, 0.717) is 18.8 Å². The molecule has 22 heavy (non-hydrogen) atoms. The van der Waals surface area contributed by atoms with Gasteiger partial charge in [0, 0.05) is 45.3 Å². The van der Waals surface area contributed by atoms with Crippen molar-refractivity contribution in [3.63, 3.8) is 0 Å². The molecule has 2 aromatic heterocycles. The first-order chi connectivity index (χ1) is 10.7. The zero-order chi connectivity index (χ0) is 15.5. The number of nitrogens with zero attached hydrogens (tertiary/aromatic N) is 5. The summed E-state index contributed by atoms with van der Waals surface area (Å²) in [5, 5.41) is 6.94. The second-order valence-corrected chi connectivity index (χ2v) is 5.40. The van der Waals surface area contributed by atoms with E-state index in [4.69, 9.17) is 0 Å². The molecular formula is C14H21N7O. The summed E-state index contributed by atoms with van der Waals surface area (Å²) >= 11 is 0. The monoisotopic (exact) mass is 303 g/mol. The Balaban J connectivity index is 1.68. The van der Waals surface area contributed by atoms with E-state index in [1.54, 1.807) is 23.3 Å². The smallest absolute Gasteiger partial charge is 0.322 e. The number of aryl methyl sites for hydroxylation is 1. The lowest BCUT2D eigenvalue weighted by Crippen LogP contribution is -2.51. The third-order valence-corrected chi connectivity index (χ3v) is 3.98. The molecule has 0 saturated carbocycles. The van der Waals surface area contributed by atoms with Crippen LogP contribution in [0.1, 0.15) is 18.8 Å². The number of rotatable bonds is 3. The fraction of sp³-hybridized carbons (Fsp3) is 0.500. The van der Waals surface area contributed by atoms with Crippen molar-refractivity contribution < 1.29 is 4.79 Å². The Morgan fingerprint density at radius 1 is 1.50 bits per heavy atom. The van der Waals surface area contributed by atoms with Gasteiger partial charge in [0.15, 0.2) is 0 Å². The highest BCUT2D eigenvalue weighted by atomic mass is 16.2. The highest BCUT2D eigenvalue weighted by Gasteiger charge is 2.31. The SMILES string of the molecule is CCN1CCN(C(=O)Nc2cnn(C)c2)CC1c1ncc[nH]1. The van der Waals surface area contributed by atoms with E-state index in [2.05, 4.69) is 32.2 Å². The van der Waals surface area contributed by atoms with Crippen LogP contribution in [-0.4, -0.2) is 61.8 Å². The highest BCUT2D eigenvalue weighted by Crippen LogP contribution is 2.23. The molecule has 1 saturated heterocycles. The van der Waals surface area contributed by atoms with Crippen LogP contribution in [-0.2, 0) is 7.05 Å². The van der Waals surface area contributed by atoms with Crippen LogP contribution in [0.2, 0.25) is 0 Å². The summed E-state index contributed by atoms with van der Waals surface area (Å²) in [6.45, 7) is 5.22. The van der Waals surface area contributed by atoms with Gasteiger partial charge in [0.25, 0.3) is 0 Å². The average molecular weight is 303 g/mol. The highest BCUT2D eigenvalue weighted by molar-refractivity contribution is 5.89. The van der Waals surface area contributed by atoms with Gasteiger partial charge in [-0.1, -0.05) is 6.92 Å². The fourth-order valence-electron chi connectivity index (χ4n) is 2.79. The van der Waals surface area contributed by atoms with Crippen molar-refractivity contribution in [2.75, 3.05) is 31.5 Å². The minimum Gasteiger partial charge on any atom is -0.347 e. The predicted molar refractivity (Wildman–Crippen MR) is 82.4 cm³/mol. The zero-order valence-electron chi connectivity index (χ0n) is 12.9. The van der Waals surface area contributed by atoms with Gasteiger partial charge in [-0.05, 0) is 6.54 Å². The van der Waals surface area contributed by atoms with Crippen molar-refractivity contribution in [2.24, 2.45) is 7.05 Å². The molecule has 1 aliphatic heterocycles. The Kier molecular flexibility index (Phi) is 4.10. The molecule has 2 N–H and O–H groups in total. The summed E-state index contributed by atoms with van der Waals surface area (Å²) in [7, 11) is 1.82. The number of amides is 2. The molecule has 3 heterocycles. The maximum absolute atomic E-state index is 12.4. The van der Waals surface area contributed by atoms with Gasteiger partial charge in [-0.25, -0.2) is 9.78 Å². The predicted octanol–water partition coefficient (Wildman–Crippen LogP) is 1.05. The topological polar surface area (TPSA) is 82.1 Å². The van der Waals surface area contributed by atoms with E-state index in [1.807, 2.05) is 18.1 Å². The number of hydrogen-bond donors (Lipinski definition) is 2. The number of urea groups is 1. The minimum absolute atomic E-state index is 0.0969. The van der Waals surface area contributed by atoms with Crippen molar-refractivity contribution in [1.82, 2.24) is 29.5 Å². The number of aromatic nitrogens is 4. The Labute approximate surface area is 129 Å². The maximum atomic E-state index is 12.4. The van der Waals surface area contributed by atoms with Crippen molar-refractivity contribution >= 4 is 11.7 Å². The van der Waals surface area contributed by atoms with Gasteiger partial charge in [0.1, 0.15) is 5.82 Å². The summed E-state index contributed by atoms with van der Waals surface area (Å²) in [5.74, 6) is 0.903. The van der Waals surface area contributed by atoms with Gasteiger partial charge in [-0.15, -0.1) is 0 Å². The van der Waals surface area contributed by atoms with Gasteiger partial charge < -0.3 is 15.2 Å². The summed E-state index contributed by atoms with van der Waals surface area (Å²) < 4.78 is 1.66. The Morgan fingerprint density at radius 3 is 3.00 bits per heavy atom. The summed E-state index contributed by atoms with van der Waals surface area (Å²) in [6, 6.07) is 0.00806. The number of imidazole rings is 1. The first-order valence-electron chi connectivity index (χ1n) is 7.45. The van der Waals surface area contributed by atoms with Crippen LogP contribution in [0.5, 0.6) is 0 Å². The molecule has 0 bridgehead atoms. The van der Waals surface area contributed by atoms with Crippen LogP contribution >= 0.6 is 0 Å². The summed E-state index contributed by atoms with van der Waals surface area (Å²) in [4.78, 5) is 24.1. The Morgan fingerprint density at radius 2 is 2.36 bits per heavy atom. The Hall–Kier alpha value is -2.35. The van der Waals surface area contributed by atoms with Gasteiger partial charge in [-0.3, -0.25) is 9.58 Å².